The van der Waals surface area contributed by atoms with E-state index in [9.17, 15) is 8.42 Å². The van der Waals surface area contributed by atoms with Gasteiger partial charge in [-0.05, 0) is 54.9 Å². The predicted octanol–water partition coefficient (Wildman–Crippen LogP) is 3.89. The highest BCUT2D eigenvalue weighted by molar-refractivity contribution is 7.93. The summed E-state index contributed by atoms with van der Waals surface area (Å²) in [6.07, 6.45) is 1.73. The molecule has 2 aromatic heterocycles. The number of hydrogen-bond acceptors (Lipinski definition) is 6. The van der Waals surface area contributed by atoms with Crippen molar-refractivity contribution in [3.63, 3.8) is 0 Å². The summed E-state index contributed by atoms with van der Waals surface area (Å²) in [5.74, 6) is 0.404. The van der Waals surface area contributed by atoms with Crippen LogP contribution < -0.4 is 0 Å². The number of benzene rings is 2. The maximum absolute atomic E-state index is 12.7. The molecular weight excluding hydrogens is 354 g/mol. The molecule has 4 rings (SSSR count). The van der Waals surface area contributed by atoms with E-state index in [1.165, 1.54) is 0 Å². The molecule has 0 saturated carbocycles. The molecule has 0 bridgehead atoms. The lowest BCUT2D eigenvalue weighted by atomic mass is 10.1. The average molecular weight is 367 g/mol. The minimum atomic E-state index is -3.65. The number of sulfone groups is 1. The van der Waals surface area contributed by atoms with Gasteiger partial charge in [-0.2, -0.15) is 4.37 Å². The van der Waals surface area contributed by atoms with Crippen molar-refractivity contribution < 1.29 is 8.42 Å². The van der Waals surface area contributed by atoms with Gasteiger partial charge in [-0.3, -0.25) is 4.98 Å². The number of nitrogens with zero attached hydrogens (tertiary/aromatic N) is 3. The molecule has 0 atom stereocenters. The summed E-state index contributed by atoms with van der Waals surface area (Å²) in [6, 6.07) is 16.2. The van der Waals surface area contributed by atoms with E-state index in [1.54, 1.807) is 30.5 Å². The molecule has 2 aromatic carbocycles. The van der Waals surface area contributed by atoms with Crippen LogP contribution in [-0.2, 0) is 9.84 Å². The SMILES string of the molecule is Cc1ccc(S(=O)(=O)c2nc(-c3ccc4ncccc4c3)ns2)cc1. The van der Waals surface area contributed by atoms with Crippen molar-refractivity contribution in [3.05, 3.63) is 66.4 Å². The Balaban J connectivity index is 1.75. The van der Waals surface area contributed by atoms with E-state index in [-0.39, 0.29) is 9.24 Å². The molecule has 0 spiro atoms. The zero-order chi connectivity index (χ0) is 17.4. The Morgan fingerprint density at radius 2 is 1.80 bits per heavy atom. The fraction of sp³-hybridized carbons (Fsp3) is 0.0556. The van der Waals surface area contributed by atoms with E-state index in [2.05, 4.69) is 14.3 Å². The predicted molar refractivity (Wildman–Crippen MR) is 97.3 cm³/mol. The Labute approximate surface area is 149 Å². The van der Waals surface area contributed by atoms with Gasteiger partial charge in [-0.25, -0.2) is 13.4 Å². The smallest absolute Gasteiger partial charge is 0.235 e. The van der Waals surface area contributed by atoms with Crippen molar-refractivity contribution in [2.24, 2.45) is 0 Å². The van der Waals surface area contributed by atoms with Gasteiger partial charge in [0.05, 0.1) is 10.4 Å². The van der Waals surface area contributed by atoms with E-state index >= 15 is 0 Å². The van der Waals surface area contributed by atoms with E-state index < -0.39 is 9.84 Å². The lowest BCUT2D eigenvalue weighted by molar-refractivity contribution is 0.595. The fourth-order valence-corrected chi connectivity index (χ4v) is 4.60. The van der Waals surface area contributed by atoms with Crippen molar-refractivity contribution in [2.75, 3.05) is 0 Å². The van der Waals surface area contributed by atoms with Crippen molar-refractivity contribution in [2.45, 2.75) is 16.2 Å². The summed E-state index contributed by atoms with van der Waals surface area (Å²) < 4.78 is 29.6. The van der Waals surface area contributed by atoms with Crippen molar-refractivity contribution >= 4 is 32.3 Å². The monoisotopic (exact) mass is 367 g/mol. The van der Waals surface area contributed by atoms with Crippen molar-refractivity contribution in [1.29, 1.82) is 0 Å². The number of aromatic nitrogens is 3. The van der Waals surface area contributed by atoms with Gasteiger partial charge in [0, 0.05) is 17.1 Å². The number of pyridine rings is 1. The van der Waals surface area contributed by atoms with Crippen LogP contribution in [0, 0.1) is 6.92 Å². The van der Waals surface area contributed by atoms with Crippen LogP contribution in [0.4, 0.5) is 0 Å². The highest BCUT2D eigenvalue weighted by Crippen LogP contribution is 2.27. The third-order valence-corrected chi connectivity index (χ3v) is 6.67. The number of fused-ring (bicyclic) bond motifs is 1. The van der Waals surface area contributed by atoms with Crippen LogP contribution in [-0.4, -0.2) is 22.8 Å². The number of aryl methyl sites for hydroxylation is 1. The van der Waals surface area contributed by atoms with Gasteiger partial charge < -0.3 is 0 Å². The average Bonchev–Trinajstić information content (AvgIpc) is 3.13. The minimum absolute atomic E-state index is 0.00219. The van der Waals surface area contributed by atoms with Gasteiger partial charge in [-0.15, -0.1) is 0 Å². The van der Waals surface area contributed by atoms with Gasteiger partial charge in [0.15, 0.2) is 5.82 Å². The third-order valence-electron chi connectivity index (χ3n) is 3.83. The molecule has 4 aromatic rings. The minimum Gasteiger partial charge on any atom is -0.256 e. The van der Waals surface area contributed by atoms with Crippen LogP contribution in [0.15, 0.2) is 70.0 Å². The molecule has 5 nitrogen and oxygen atoms in total. The van der Waals surface area contributed by atoms with Crippen LogP contribution in [0.5, 0.6) is 0 Å². The summed E-state index contributed by atoms with van der Waals surface area (Å²) >= 11 is 0.891. The molecule has 2 heterocycles. The van der Waals surface area contributed by atoms with Crippen LogP contribution in [0.3, 0.4) is 0 Å². The van der Waals surface area contributed by atoms with E-state index in [1.807, 2.05) is 37.3 Å². The van der Waals surface area contributed by atoms with Crippen LogP contribution in [0.2, 0.25) is 0 Å². The molecule has 0 aliphatic carbocycles. The Morgan fingerprint density at radius 1 is 1.00 bits per heavy atom. The van der Waals surface area contributed by atoms with Crippen molar-refractivity contribution in [3.8, 4) is 11.4 Å². The lowest BCUT2D eigenvalue weighted by Gasteiger charge is -2.01. The molecule has 0 unspecified atom stereocenters. The normalized spacial score (nSPS) is 11.7. The molecule has 124 valence electrons. The second-order valence-electron chi connectivity index (χ2n) is 5.61. The fourth-order valence-electron chi connectivity index (χ4n) is 2.47. The third kappa shape index (κ3) is 2.92. The molecule has 0 radical (unpaired) electrons. The van der Waals surface area contributed by atoms with Crippen LogP contribution >= 0.6 is 11.5 Å². The van der Waals surface area contributed by atoms with Gasteiger partial charge >= 0.3 is 0 Å². The first kappa shape index (κ1) is 15.9. The molecule has 0 fully saturated rings. The standard InChI is InChI=1S/C18H13N3O2S2/c1-12-4-7-15(8-5-12)25(22,23)18-20-17(21-24-18)14-6-9-16-13(11-14)3-2-10-19-16/h2-11H,1H3. The highest BCUT2D eigenvalue weighted by atomic mass is 32.2. The Morgan fingerprint density at radius 3 is 2.60 bits per heavy atom. The number of hydrogen-bond donors (Lipinski definition) is 0. The topological polar surface area (TPSA) is 72.8 Å². The Kier molecular flexibility index (Phi) is 3.82. The summed E-state index contributed by atoms with van der Waals surface area (Å²) in [7, 11) is -3.65. The second kappa shape index (κ2) is 6.02. The van der Waals surface area contributed by atoms with Crippen molar-refractivity contribution in [1.82, 2.24) is 14.3 Å². The van der Waals surface area contributed by atoms with Crippen LogP contribution in [0.1, 0.15) is 5.56 Å². The molecule has 0 aliphatic rings. The Bertz CT molecular complexity index is 1170. The molecule has 0 saturated heterocycles. The second-order valence-corrected chi connectivity index (χ2v) is 8.49. The molecule has 0 amide bonds. The molecule has 0 aliphatic heterocycles. The van der Waals surface area contributed by atoms with E-state index in [4.69, 9.17) is 0 Å². The maximum atomic E-state index is 12.7. The van der Waals surface area contributed by atoms with Gasteiger partial charge in [0.1, 0.15) is 0 Å². The maximum Gasteiger partial charge on any atom is 0.235 e. The summed E-state index contributed by atoms with van der Waals surface area (Å²) in [4.78, 5) is 8.76. The highest BCUT2D eigenvalue weighted by Gasteiger charge is 2.23. The zero-order valence-corrected chi connectivity index (χ0v) is 14.9. The molecular formula is C18H13N3O2S2. The summed E-state index contributed by atoms with van der Waals surface area (Å²) in [5, 5.41) is 0.956. The molecule has 0 N–H and O–H groups in total. The van der Waals surface area contributed by atoms with Gasteiger partial charge in [0.25, 0.3) is 0 Å². The first-order valence-corrected chi connectivity index (χ1v) is 9.80. The van der Waals surface area contributed by atoms with Gasteiger partial charge in [0.2, 0.25) is 14.2 Å². The van der Waals surface area contributed by atoms with E-state index in [0.29, 0.717) is 5.82 Å². The first-order valence-electron chi connectivity index (χ1n) is 7.55. The quantitative estimate of drug-likeness (QED) is 0.549. The first-order chi connectivity index (χ1) is 12.0. The zero-order valence-electron chi connectivity index (χ0n) is 13.2. The molecule has 7 heteroatoms. The largest absolute Gasteiger partial charge is 0.256 e. The van der Waals surface area contributed by atoms with E-state index in [0.717, 1.165) is 33.6 Å². The van der Waals surface area contributed by atoms with Gasteiger partial charge in [-0.1, -0.05) is 23.8 Å². The Hall–Kier alpha value is -2.64. The molecule has 25 heavy (non-hydrogen) atoms. The lowest BCUT2D eigenvalue weighted by Crippen LogP contribution is -2.01. The summed E-state index contributed by atoms with van der Waals surface area (Å²) in [6.45, 7) is 1.91. The summed E-state index contributed by atoms with van der Waals surface area (Å²) in [5.41, 5.74) is 2.64. The van der Waals surface area contributed by atoms with Crippen LogP contribution in [0.25, 0.3) is 22.3 Å². The number of rotatable bonds is 3.